The third-order valence-electron chi connectivity index (χ3n) is 2.38. The van der Waals surface area contributed by atoms with Crippen molar-refractivity contribution in [3.63, 3.8) is 0 Å². The molecule has 0 fully saturated rings. The summed E-state index contributed by atoms with van der Waals surface area (Å²) in [5.74, 6) is 0.716. The molecular weight excluding hydrogens is 296 g/mol. The van der Waals surface area contributed by atoms with E-state index in [4.69, 9.17) is 4.42 Å². The Bertz CT molecular complexity index is 538. The van der Waals surface area contributed by atoms with Crippen LogP contribution in [-0.4, -0.2) is 6.03 Å². The molecule has 0 radical (unpaired) electrons. The number of nitrogens with one attached hydrogen (secondary N) is 2. The molecule has 2 N–H and O–H groups in total. The second-order valence-electron chi connectivity index (χ2n) is 3.87. The Morgan fingerprint density at radius 2 is 2.22 bits per heavy atom. The van der Waals surface area contributed by atoms with Crippen molar-refractivity contribution in [1.29, 1.82) is 0 Å². The van der Waals surface area contributed by atoms with Gasteiger partial charge in [-0.1, -0.05) is 6.07 Å². The first-order valence-corrected chi connectivity index (χ1v) is 6.28. The first kappa shape index (κ1) is 12.7. The van der Waals surface area contributed by atoms with E-state index in [9.17, 15) is 4.79 Å². The van der Waals surface area contributed by atoms with Gasteiger partial charge in [-0.05, 0) is 52.7 Å². The second-order valence-corrected chi connectivity index (χ2v) is 4.72. The van der Waals surface area contributed by atoms with Crippen LogP contribution < -0.4 is 10.6 Å². The predicted octanol–water partition coefficient (Wildman–Crippen LogP) is 3.67. The molecule has 0 unspecified atom stereocenters. The number of rotatable bonds is 3. The maximum Gasteiger partial charge on any atom is 0.319 e. The van der Waals surface area contributed by atoms with Crippen LogP contribution in [0.1, 0.15) is 11.3 Å². The lowest BCUT2D eigenvalue weighted by atomic mass is 10.2. The molecule has 1 aromatic carbocycles. The number of amides is 2. The van der Waals surface area contributed by atoms with Crippen LogP contribution in [0.25, 0.3) is 0 Å². The number of carbonyl (C=O) groups excluding carboxylic acids is 1. The third kappa shape index (κ3) is 3.37. The lowest BCUT2D eigenvalue weighted by Crippen LogP contribution is -2.28. The number of hydrogen-bond acceptors (Lipinski definition) is 2. The van der Waals surface area contributed by atoms with Crippen molar-refractivity contribution < 1.29 is 9.21 Å². The van der Waals surface area contributed by atoms with Gasteiger partial charge in [0.25, 0.3) is 0 Å². The zero-order valence-corrected chi connectivity index (χ0v) is 11.5. The number of carbonyl (C=O) groups is 1. The van der Waals surface area contributed by atoms with E-state index >= 15 is 0 Å². The van der Waals surface area contributed by atoms with Gasteiger partial charge in [-0.15, -0.1) is 0 Å². The van der Waals surface area contributed by atoms with Gasteiger partial charge in [0.05, 0.1) is 18.5 Å². The highest BCUT2D eigenvalue weighted by molar-refractivity contribution is 9.10. The monoisotopic (exact) mass is 308 g/mol. The summed E-state index contributed by atoms with van der Waals surface area (Å²) in [5, 5.41) is 5.47. The fourth-order valence-corrected chi connectivity index (χ4v) is 2.06. The fourth-order valence-electron chi connectivity index (χ4n) is 1.47. The van der Waals surface area contributed by atoms with Crippen LogP contribution in [0.2, 0.25) is 0 Å². The van der Waals surface area contributed by atoms with E-state index in [1.807, 2.05) is 31.2 Å². The van der Waals surface area contributed by atoms with Gasteiger partial charge in [0.1, 0.15) is 5.76 Å². The average molecular weight is 309 g/mol. The lowest BCUT2D eigenvalue weighted by Gasteiger charge is -2.08. The largest absolute Gasteiger partial charge is 0.467 e. The van der Waals surface area contributed by atoms with Crippen LogP contribution in [0, 0.1) is 6.92 Å². The molecule has 1 aromatic heterocycles. The topological polar surface area (TPSA) is 54.3 Å². The molecule has 0 aliphatic heterocycles. The first-order chi connectivity index (χ1) is 8.65. The summed E-state index contributed by atoms with van der Waals surface area (Å²) in [4.78, 5) is 11.7. The van der Waals surface area contributed by atoms with Crippen LogP contribution in [0.15, 0.2) is 45.5 Å². The van der Waals surface area contributed by atoms with Crippen LogP contribution >= 0.6 is 15.9 Å². The van der Waals surface area contributed by atoms with Gasteiger partial charge in [0.15, 0.2) is 0 Å². The van der Waals surface area contributed by atoms with Gasteiger partial charge in [-0.3, -0.25) is 0 Å². The third-order valence-corrected chi connectivity index (χ3v) is 3.03. The maximum atomic E-state index is 11.7. The van der Waals surface area contributed by atoms with E-state index < -0.39 is 0 Å². The molecule has 1 heterocycles. The molecule has 2 aromatic rings. The minimum Gasteiger partial charge on any atom is -0.467 e. The number of aryl methyl sites for hydroxylation is 1. The molecule has 18 heavy (non-hydrogen) atoms. The Hall–Kier alpha value is -1.75. The van der Waals surface area contributed by atoms with Gasteiger partial charge in [-0.2, -0.15) is 0 Å². The number of hydrogen-bond donors (Lipinski definition) is 2. The van der Waals surface area contributed by atoms with Gasteiger partial charge in [0, 0.05) is 4.47 Å². The fraction of sp³-hybridized carbons (Fsp3) is 0.154. The van der Waals surface area contributed by atoms with Crippen LogP contribution in [0.3, 0.4) is 0 Å². The molecule has 2 amide bonds. The van der Waals surface area contributed by atoms with Crippen molar-refractivity contribution in [2.24, 2.45) is 0 Å². The maximum absolute atomic E-state index is 11.7. The summed E-state index contributed by atoms with van der Waals surface area (Å²) in [7, 11) is 0. The molecule has 0 aliphatic carbocycles. The first-order valence-electron chi connectivity index (χ1n) is 5.48. The number of halogens is 1. The van der Waals surface area contributed by atoms with Gasteiger partial charge in [-0.25, -0.2) is 4.79 Å². The average Bonchev–Trinajstić information content (AvgIpc) is 2.83. The van der Waals surface area contributed by atoms with Crippen LogP contribution in [0.5, 0.6) is 0 Å². The van der Waals surface area contributed by atoms with Crippen LogP contribution in [0.4, 0.5) is 10.5 Å². The highest BCUT2D eigenvalue weighted by atomic mass is 79.9. The number of furan rings is 1. The van der Waals surface area contributed by atoms with Gasteiger partial charge < -0.3 is 15.1 Å². The molecule has 94 valence electrons. The molecule has 0 saturated heterocycles. The van der Waals surface area contributed by atoms with Gasteiger partial charge >= 0.3 is 6.03 Å². The van der Waals surface area contributed by atoms with E-state index in [1.165, 1.54) is 0 Å². The molecule has 0 aliphatic rings. The summed E-state index contributed by atoms with van der Waals surface area (Å²) >= 11 is 3.40. The van der Waals surface area contributed by atoms with Crippen molar-refractivity contribution in [2.75, 3.05) is 5.32 Å². The number of urea groups is 1. The van der Waals surface area contributed by atoms with Crippen molar-refractivity contribution in [3.8, 4) is 0 Å². The highest BCUT2D eigenvalue weighted by Crippen LogP contribution is 2.23. The Balaban J connectivity index is 1.91. The molecule has 0 spiro atoms. The van der Waals surface area contributed by atoms with Crippen molar-refractivity contribution in [1.82, 2.24) is 5.32 Å². The van der Waals surface area contributed by atoms with E-state index in [0.29, 0.717) is 12.3 Å². The van der Waals surface area contributed by atoms with Crippen molar-refractivity contribution in [3.05, 3.63) is 52.4 Å². The molecular formula is C13H13BrN2O2. The SMILES string of the molecule is Cc1ccc(NC(=O)NCc2ccco2)c(Br)c1. The van der Waals surface area contributed by atoms with E-state index in [0.717, 1.165) is 15.7 Å². The highest BCUT2D eigenvalue weighted by Gasteiger charge is 2.05. The normalized spacial score (nSPS) is 10.1. The molecule has 5 heteroatoms. The van der Waals surface area contributed by atoms with Crippen molar-refractivity contribution >= 4 is 27.6 Å². The summed E-state index contributed by atoms with van der Waals surface area (Å²) in [6.07, 6.45) is 1.57. The molecule has 0 bridgehead atoms. The Morgan fingerprint density at radius 1 is 1.39 bits per heavy atom. The predicted molar refractivity (Wildman–Crippen MR) is 73.4 cm³/mol. The van der Waals surface area contributed by atoms with E-state index in [2.05, 4.69) is 26.6 Å². The second kappa shape index (κ2) is 5.73. The van der Waals surface area contributed by atoms with Crippen LogP contribution in [-0.2, 0) is 6.54 Å². The Morgan fingerprint density at radius 3 is 2.89 bits per heavy atom. The van der Waals surface area contributed by atoms with E-state index in [1.54, 1.807) is 12.3 Å². The van der Waals surface area contributed by atoms with Gasteiger partial charge in [0.2, 0.25) is 0 Å². The lowest BCUT2D eigenvalue weighted by molar-refractivity contribution is 0.251. The Labute approximate surface area is 114 Å². The summed E-state index contributed by atoms with van der Waals surface area (Å²) < 4.78 is 5.98. The van der Waals surface area contributed by atoms with E-state index in [-0.39, 0.29) is 6.03 Å². The minimum atomic E-state index is -0.268. The zero-order chi connectivity index (χ0) is 13.0. The summed E-state index contributed by atoms with van der Waals surface area (Å²) in [6, 6.07) is 9.06. The minimum absolute atomic E-state index is 0.268. The standard InChI is InChI=1S/C13H13BrN2O2/c1-9-4-5-12(11(14)7-9)16-13(17)15-8-10-3-2-6-18-10/h2-7H,8H2,1H3,(H2,15,16,17). The van der Waals surface area contributed by atoms with Crippen molar-refractivity contribution in [2.45, 2.75) is 13.5 Å². The molecule has 2 rings (SSSR count). The smallest absolute Gasteiger partial charge is 0.319 e. The molecule has 0 atom stereocenters. The summed E-state index contributed by atoms with van der Waals surface area (Å²) in [5.41, 5.74) is 1.86. The molecule has 4 nitrogen and oxygen atoms in total. The number of anilines is 1. The summed E-state index contributed by atoms with van der Waals surface area (Å²) in [6.45, 7) is 2.35. The molecule has 0 saturated carbocycles. The quantitative estimate of drug-likeness (QED) is 0.909. The number of benzene rings is 1. The Kier molecular flexibility index (Phi) is 4.04. The zero-order valence-electron chi connectivity index (χ0n) is 9.87.